The van der Waals surface area contributed by atoms with Gasteiger partial charge in [-0.25, -0.2) is 13.3 Å². The molecule has 1 heterocycles. The van der Waals surface area contributed by atoms with E-state index in [4.69, 9.17) is 4.74 Å². The van der Waals surface area contributed by atoms with Crippen molar-refractivity contribution in [2.75, 3.05) is 0 Å². The Morgan fingerprint density at radius 2 is 1.14 bits per heavy atom. The maximum absolute atomic E-state index is 13.4. The lowest BCUT2D eigenvalue weighted by atomic mass is 9.87. The second-order valence-corrected chi connectivity index (χ2v) is 8.19. The molecule has 0 amide bonds. The van der Waals surface area contributed by atoms with Crippen LogP contribution in [0.4, 0.5) is 22.0 Å². The molecule has 7 heteroatoms. The number of pyridine rings is 1. The zero-order valence-corrected chi connectivity index (χ0v) is 18.7. The molecule has 0 unspecified atom stereocenters. The summed E-state index contributed by atoms with van der Waals surface area (Å²) in [7, 11) is 0. The van der Waals surface area contributed by atoms with Crippen molar-refractivity contribution in [3.05, 3.63) is 126 Å². The molecule has 4 rings (SSSR count). The molecule has 0 saturated carbocycles. The van der Waals surface area contributed by atoms with E-state index in [-0.39, 0.29) is 17.6 Å². The van der Waals surface area contributed by atoms with Crippen LogP contribution in [0, 0.1) is 11.6 Å². The normalized spacial score (nSPS) is 11.6. The van der Waals surface area contributed by atoms with Gasteiger partial charge in [0, 0.05) is 24.5 Å². The van der Waals surface area contributed by atoms with Crippen molar-refractivity contribution in [1.82, 2.24) is 0 Å². The maximum atomic E-state index is 13.4. The summed E-state index contributed by atoms with van der Waals surface area (Å²) in [5, 5.41) is 0. The van der Waals surface area contributed by atoms with E-state index in [2.05, 4.69) is 0 Å². The molecule has 0 aliphatic heterocycles. The molecular weight excluding hydrogens is 461 g/mol. The smallest absolute Gasteiger partial charge is 0.416 e. The Labute approximate surface area is 200 Å². The van der Waals surface area contributed by atoms with E-state index in [0.29, 0.717) is 18.0 Å². The summed E-state index contributed by atoms with van der Waals surface area (Å²) in [5.41, 5.74) is 1.20. The summed E-state index contributed by atoms with van der Waals surface area (Å²) < 4.78 is 72.5. The molecule has 4 aromatic rings. The van der Waals surface area contributed by atoms with E-state index in [1.807, 2.05) is 17.0 Å². The van der Waals surface area contributed by atoms with Gasteiger partial charge < -0.3 is 4.74 Å². The standard InChI is InChI=1S/C28H23F5NO/c29-23-9-3-20(4-10-23)27(21-5-11-24(30)12-6-21)2-1-17-34-18-15-26(16-19-34)35-25-13-7-22(8-14-25)28(31,32)33/h3-16,18-19,27H,1-2,17H2/q+1. The first-order valence-corrected chi connectivity index (χ1v) is 11.1. The molecule has 0 saturated heterocycles. The number of aromatic nitrogens is 1. The second kappa shape index (κ2) is 10.7. The van der Waals surface area contributed by atoms with Crippen LogP contribution in [0.1, 0.15) is 35.4 Å². The number of rotatable bonds is 8. The van der Waals surface area contributed by atoms with Crippen LogP contribution in [0.5, 0.6) is 11.5 Å². The molecule has 0 aliphatic rings. The molecule has 1 aromatic heterocycles. The van der Waals surface area contributed by atoms with Crippen molar-refractivity contribution in [1.29, 1.82) is 0 Å². The predicted molar refractivity (Wildman–Crippen MR) is 122 cm³/mol. The first-order chi connectivity index (χ1) is 16.8. The van der Waals surface area contributed by atoms with Crippen molar-refractivity contribution in [3.63, 3.8) is 0 Å². The van der Waals surface area contributed by atoms with Crippen LogP contribution in [-0.2, 0) is 12.7 Å². The van der Waals surface area contributed by atoms with E-state index in [0.717, 1.165) is 36.1 Å². The number of alkyl halides is 3. The molecule has 0 spiro atoms. The summed E-state index contributed by atoms with van der Waals surface area (Å²) in [6.45, 7) is 0.708. The highest BCUT2D eigenvalue weighted by atomic mass is 19.4. The highest BCUT2D eigenvalue weighted by Crippen LogP contribution is 2.32. The Morgan fingerprint density at radius 1 is 0.657 bits per heavy atom. The molecule has 0 N–H and O–H groups in total. The second-order valence-electron chi connectivity index (χ2n) is 8.19. The molecule has 3 aromatic carbocycles. The van der Waals surface area contributed by atoms with E-state index in [1.165, 1.54) is 36.4 Å². The Balaban J connectivity index is 1.37. The summed E-state index contributed by atoms with van der Waals surface area (Å²) >= 11 is 0. The minimum absolute atomic E-state index is 0.000855. The summed E-state index contributed by atoms with van der Waals surface area (Å²) in [5.74, 6) is 0.217. The minimum Gasteiger partial charge on any atom is -0.457 e. The number of benzene rings is 3. The highest BCUT2D eigenvalue weighted by Gasteiger charge is 2.30. The van der Waals surface area contributed by atoms with E-state index < -0.39 is 11.7 Å². The topological polar surface area (TPSA) is 13.1 Å². The van der Waals surface area contributed by atoms with Gasteiger partial charge in [-0.05, 0) is 66.1 Å². The van der Waals surface area contributed by atoms with Crippen LogP contribution in [0.15, 0.2) is 97.3 Å². The number of nitrogens with zero attached hydrogens (tertiary/aromatic N) is 1. The Bertz CT molecular complexity index is 1170. The van der Waals surface area contributed by atoms with Gasteiger partial charge >= 0.3 is 6.18 Å². The average molecular weight is 484 g/mol. The van der Waals surface area contributed by atoms with Gasteiger partial charge in [-0.1, -0.05) is 24.3 Å². The Morgan fingerprint density at radius 3 is 1.63 bits per heavy atom. The third-order valence-corrected chi connectivity index (χ3v) is 5.73. The fourth-order valence-corrected chi connectivity index (χ4v) is 3.90. The van der Waals surface area contributed by atoms with Crippen molar-refractivity contribution in [2.24, 2.45) is 0 Å². The van der Waals surface area contributed by atoms with E-state index in [1.54, 1.807) is 36.4 Å². The number of hydrogen-bond donors (Lipinski definition) is 0. The van der Waals surface area contributed by atoms with Crippen LogP contribution >= 0.6 is 0 Å². The quantitative estimate of drug-likeness (QED) is 0.185. The number of halogens is 5. The van der Waals surface area contributed by atoms with E-state index in [9.17, 15) is 22.0 Å². The van der Waals surface area contributed by atoms with Crippen molar-refractivity contribution in [3.8, 4) is 11.5 Å². The SMILES string of the molecule is Fc1ccc(C(CCC[n+]2ccc(Oc3ccc(C(F)(F)F)cc3)cc2)c2ccc(F)cc2)cc1. The zero-order chi connectivity index (χ0) is 24.8. The highest BCUT2D eigenvalue weighted by molar-refractivity contribution is 5.34. The first-order valence-electron chi connectivity index (χ1n) is 11.1. The summed E-state index contributed by atoms with van der Waals surface area (Å²) in [6.07, 6.45) is 0.870. The van der Waals surface area contributed by atoms with Gasteiger partial charge in [-0.3, -0.25) is 0 Å². The lowest BCUT2D eigenvalue weighted by Gasteiger charge is -2.17. The fraction of sp³-hybridized carbons (Fsp3) is 0.179. The molecule has 180 valence electrons. The fourth-order valence-electron chi connectivity index (χ4n) is 3.90. The third kappa shape index (κ3) is 6.66. The van der Waals surface area contributed by atoms with Gasteiger partial charge in [0.1, 0.15) is 29.7 Å². The first kappa shape index (κ1) is 24.4. The van der Waals surface area contributed by atoms with Crippen LogP contribution in [0.3, 0.4) is 0 Å². The Kier molecular flexibility index (Phi) is 7.44. The molecule has 0 atom stereocenters. The monoisotopic (exact) mass is 484 g/mol. The number of ether oxygens (including phenoxy) is 1. The van der Waals surface area contributed by atoms with Crippen molar-refractivity contribution >= 4 is 0 Å². The molecular formula is C28H23F5NO+. The number of aryl methyl sites for hydroxylation is 1. The molecule has 0 fully saturated rings. The van der Waals surface area contributed by atoms with Gasteiger partial charge in [0.2, 0.25) is 0 Å². The lowest BCUT2D eigenvalue weighted by molar-refractivity contribution is -0.697. The van der Waals surface area contributed by atoms with Gasteiger partial charge in [-0.2, -0.15) is 13.2 Å². The van der Waals surface area contributed by atoms with Crippen LogP contribution in [0.2, 0.25) is 0 Å². The summed E-state index contributed by atoms with van der Waals surface area (Å²) in [4.78, 5) is 0. The average Bonchev–Trinajstić information content (AvgIpc) is 2.84. The largest absolute Gasteiger partial charge is 0.457 e. The maximum Gasteiger partial charge on any atom is 0.416 e. The van der Waals surface area contributed by atoms with Gasteiger partial charge in [0.05, 0.1) is 5.56 Å². The lowest BCUT2D eigenvalue weighted by Crippen LogP contribution is -2.32. The molecule has 0 radical (unpaired) electrons. The summed E-state index contributed by atoms with van der Waals surface area (Å²) in [6, 6.07) is 20.8. The molecule has 0 bridgehead atoms. The van der Waals surface area contributed by atoms with Crippen LogP contribution in [0.25, 0.3) is 0 Å². The van der Waals surface area contributed by atoms with Gasteiger partial charge in [0.15, 0.2) is 12.4 Å². The molecule has 35 heavy (non-hydrogen) atoms. The number of hydrogen-bond acceptors (Lipinski definition) is 1. The predicted octanol–water partition coefficient (Wildman–Crippen LogP) is 7.68. The van der Waals surface area contributed by atoms with Crippen LogP contribution < -0.4 is 9.30 Å². The van der Waals surface area contributed by atoms with Gasteiger partial charge in [0.25, 0.3) is 0 Å². The Hall–Kier alpha value is -3.74. The van der Waals surface area contributed by atoms with E-state index >= 15 is 0 Å². The minimum atomic E-state index is -4.39. The van der Waals surface area contributed by atoms with Crippen molar-refractivity contribution in [2.45, 2.75) is 31.5 Å². The van der Waals surface area contributed by atoms with Crippen molar-refractivity contribution < 1.29 is 31.3 Å². The van der Waals surface area contributed by atoms with Gasteiger partial charge in [-0.15, -0.1) is 0 Å². The molecule has 2 nitrogen and oxygen atoms in total. The molecule has 0 aliphatic carbocycles. The zero-order valence-electron chi connectivity index (χ0n) is 18.7. The van der Waals surface area contributed by atoms with Crippen LogP contribution in [-0.4, -0.2) is 0 Å². The third-order valence-electron chi connectivity index (χ3n) is 5.73.